The van der Waals surface area contributed by atoms with Crippen LogP contribution >= 0.6 is 0 Å². The molecule has 16 heavy (non-hydrogen) atoms. The van der Waals surface area contributed by atoms with E-state index in [0.717, 1.165) is 31.4 Å². The molecule has 1 spiro atoms. The van der Waals surface area contributed by atoms with Crippen molar-refractivity contribution in [2.45, 2.75) is 57.9 Å². The summed E-state index contributed by atoms with van der Waals surface area (Å²) in [6.07, 6.45) is 7.79. The van der Waals surface area contributed by atoms with Crippen LogP contribution in [0.5, 0.6) is 0 Å². The van der Waals surface area contributed by atoms with E-state index in [1.54, 1.807) is 0 Å². The molecule has 1 aliphatic heterocycles. The van der Waals surface area contributed by atoms with Crippen LogP contribution in [0.3, 0.4) is 0 Å². The van der Waals surface area contributed by atoms with Gasteiger partial charge in [-0.2, -0.15) is 0 Å². The smallest absolute Gasteiger partial charge is 0.191 e. The Morgan fingerprint density at radius 2 is 2.06 bits per heavy atom. The second-order valence-electron chi connectivity index (χ2n) is 5.40. The highest BCUT2D eigenvalue weighted by Crippen LogP contribution is 2.40. The molecule has 2 N–H and O–H groups in total. The average molecular weight is 223 g/mol. The summed E-state index contributed by atoms with van der Waals surface area (Å²) in [7, 11) is 0. The molecule has 3 heteroatoms. The molecule has 3 nitrogen and oxygen atoms in total. The summed E-state index contributed by atoms with van der Waals surface area (Å²) in [4.78, 5) is 6.87. The van der Waals surface area contributed by atoms with Crippen molar-refractivity contribution < 1.29 is 0 Å². The van der Waals surface area contributed by atoms with Gasteiger partial charge in [-0.25, -0.2) is 0 Å². The van der Waals surface area contributed by atoms with Crippen LogP contribution in [0.4, 0.5) is 0 Å². The Kier molecular flexibility index (Phi) is 3.41. The van der Waals surface area contributed by atoms with Crippen molar-refractivity contribution in [3.05, 3.63) is 0 Å². The van der Waals surface area contributed by atoms with E-state index in [1.165, 1.54) is 32.1 Å². The summed E-state index contributed by atoms with van der Waals surface area (Å²) in [6.45, 7) is 6.55. The van der Waals surface area contributed by atoms with Gasteiger partial charge in [-0.15, -0.1) is 0 Å². The highest BCUT2D eigenvalue weighted by molar-refractivity contribution is 5.81. The monoisotopic (exact) mass is 223 g/mol. The number of guanidine groups is 1. The summed E-state index contributed by atoms with van der Waals surface area (Å²) in [5, 5.41) is 0. The van der Waals surface area contributed by atoms with Crippen molar-refractivity contribution in [1.82, 2.24) is 4.90 Å². The van der Waals surface area contributed by atoms with Crippen molar-refractivity contribution >= 4 is 5.96 Å². The molecule has 0 aromatic rings. The fraction of sp³-hybridized carbons (Fsp3) is 0.923. The van der Waals surface area contributed by atoms with Gasteiger partial charge < -0.3 is 10.6 Å². The summed E-state index contributed by atoms with van der Waals surface area (Å²) < 4.78 is 0. The first-order chi connectivity index (χ1) is 7.72. The lowest BCUT2D eigenvalue weighted by atomic mass is 9.75. The lowest BCUT2D eigenvalue weighted by molar-refractivity contribution is 0.115. The second-order valence-corrected chi connectivity index (χ2v) is 5.40. The van der Waals surface area contributed by atoms with Crippen molar-refractivity contribution in [2.24, 2.45) is 16.6 Å². The van der Waals surface area contributed by atoms with Crippen LogP contribution in [0.1, 0.15) is 52.4 Å². The molecule has 2 rings (SSSR count). The van der Waals surface area contributed by atoms with E-state index in [1.807, 2.05) is 0 Å². The second kappa shape index (κ2) is 4.64. The minimum atomic E-state index is 0.297. The van der Waals surface area contributed by atoms with Crippen LogP contribution in [0.25, 0.3) is 0 Å². The number of rotatable bonds is 3. The molecule has 0 aromatic heterocycles. The Bertz CT molecular complexity index is 264. The predicted molar refractivity (Wildman–Crippen MR) is 68.5 cm³/mol. The zero-order valence-electron chi connectivity index (χ0n) is 10.7. The van der Waals surface area contributed by atoms with E-state index < -0.39 is 0 Å². The van der Waals surface area contributed by atoms with Gasteiger partial charge in [0, 0.05) is 6.54 Å². The van der Waals surface area contributed by atoms with E-state index >= 15 is 0 Å². The molecule has 1 heterocycles. The van der Waals surface area contributed by atoms with Gasteiger partial charge in [0.05, 0.1) is 12.1 Å². The topological polar surface area (TPSA) is 41.6 Å². The van der Waals surface area contributed by atoms with E-state index in [0.29, 0.717) is 5.54 Å². The summed E-state index contributed by atoms with van der Waals surface area (Å²) in [6, 6.07) is 0. The Balaban J connectivity index is 2.03. The van der Waals surface area contributed by atoms with Gasteiger partial charge in [-0.3, -0.25) is 4.99 Å². The molecule has 0 radical (unpaired) electrons. The van der Waals surface area contributed by atoms with E-state index in [9.17, 15) is 0 Å². The highest BCUT2D eigenvalue weighted by atomic mass is 15.4. The van der Waals surface area contributed by atoms with Crippen molar-refractivity contribution in [3.8, 4) is 0 Å². The standard InChI is InChI=1S/C13H25N3/c1-3-9-16-12(14)15-10-13(16)7-5-11(4-2)6-8-13/h11H,3-10H2,1-2H3,(H2,14,15). The van der Waals surface area contributed by atoms with E-state index in [-0.39, 0.29) is 0 Å². The molecule has 0 bridgehead atoms. The third-order valence-corrected chi connectivity index (χ3v) is 4.44. The van der Waals surface area contributed by atoms with Gasteiger partial charge >= 0.3 is 0 Å². The molecule has 1 saturated carbocycles. The molecule has 0 unspecified atom stereocenters. The maximum absolute atomic E-state index is 6.01. The minimum absolute atomic E-state index is 0.297. The Hall–Kier alpha value is -0.730. The third-order valence-electron chi connectivity index (χ3n) is 4.44. The van der Waals surface area contributed by atoms with Gasteiger partial charge in [0.15, 0.2) is 5.96 Å². The van der Waals surface area contributed by atoms with E-state index in [2.05, 4.69) is 23.7 Å². The Labute approximate surface area is 99.1 Å². The number of hydrogen-bond acceptors (Lipinski definition) is 3. The van der Waals surface area contributed by atoms with Crippen LogP contribution in [0.2, 0.25) is 0 Å². The van der Waals surface area contributed by atoms with Gasteiger partial charge in [0.1, 0.15) is 0 Å². The number of nitrogens with two attached hydrogens (primary N) is 1. The van der Waals surface area contributed by atoms with Crippen LogP contribution in [-0.4, -0.2) is 29.5 Å². The summed E-state index contributed by atoms with van der Waals surface area (Å²) in [5.74, 6) is 1.73. The molecule has 0 amide bonds. The van der Waals surface area contributed by atoms with Gasteiger partial charge in [-0.1, -0.05) is 20.3 Å². The van der Waals surface area contributed by atoms with Gasteiger partial charge in [0.25, 0.3) is 0 Å². The minimum Gasteiger partial charge on any atom is -0.370 e. The quantitative estimate of drug-likeness (QED) is 0.798. The number of hydrogen-bond donors (Lipinski definition) is 1. The first-order valence-corrected chi connectivity index (χ1v) is 6.79. The van der Waals surface area contributed by atoms with Crippen molar-refractivity contribution in [1.29, 1.82) is 0 Å². The lowest BCUT2D eigenvalue weighted by Crippen LogP contribution is -2.53. The first-order valence-electron chi connectivity index (χ1n) is 6.79. The zero-order valence-corrected chi connectivity index (χ0v) is 10.7. The summed E-state index contributed by atoms with van der Waals surface area (Å²) in [5.41, 5.74) is 6.31. The molecular formula is C13H25N3. The van der Waals surface area contributed by atoms with Crippen molar-refractivity contribution in [2.75, 3.05) is 13.1 Å². The third kappa shape index (κ3) is 1.92. The Morgan fingerprint density at radius 1 is 1.38 bits per heavy atom. The fourth-order valence-electron chi connectivity index (χ4n) is 3.27. The normalized spacial score (nSPS) is 34.5. The average Bonchev–Trinajstić information content (AvgIpc) is 2.60. The first kappa shape index (κ1) is 11.7. The molecular weight excluding hydrogens is 198 g/mol. The van der Waals surface area contributed by atoms with Crippen molar-refractivity contribution in [3.63, 3.8) is 0 Å². The lowest BCUT2D eigenvalue weighted by Gasteiger charge is -2.44. The molecule has 0 atom stereocenters. The molecule has 92 valence electrons. The molecule has 0 aromatic carbocycles. The van der Waals surface area contributed by atoms with Crippen LogP contribution < -0.4 is 5.73 Å². The SMILES string of the molecule is CCCN1C(N)=NCC12CCC(CC)CC2. The zero-order chi connectivity index (χ0) is 11.6. The maximum Gasteiger partial charge on any atom is 0.191 e. The maximum atomic E-state index is 6.01. The Morgan fingerprint density at radius 3 is 2.62 bits per heavy atom. The van der Waals surface area contributed by atoms with Crippen LogP contribution in [0, 0.1) is 5.92 Å². The molecule has 2 aliphatic rings. The van der Waals surface area contributed by atoms with Gasteiger partial charge in [-0.05, 0) is 38.0 Å². The van der Waals surface area contributed by atoms with Crippen LogP contribution in [0.15, 0.2) is 4.99 Å². The number of aliphatic imine (C=N–C) groups is 1. The van der Waals surface area contributed by atoms with Crippen LogP contribution in [-0.2, 0) is 0 Å². The fourth-order valence-corrected chi connectivity index (χ4v) is 3.27. The largest absolute Gasteiger partial charge is 0.370 e. The van der Waals surface area contributed by atoms with E-state index in [4.69, 9.17) is 5.73 Å². The molecule has 0 saturated heterocycles. The molecule has 1 fully saturated rings. The van der Waals surface area contributed by atoms with Gasteiger partial charge in [0.2, 0.25) is 0 Å². The molecule has 1 aliphatic carbocycles. The highest BCUT2D eigenvalue weighted by Gasteiger charge is 2.43. The predicted octanol–water partition coefficient (Wildman–Crippen LogP) is 2.37. The number of nitrogens with zero attached hydrogens (tertiary/aromatic N) is 2. The summed E-state index contributed by atoms with van der Waals surface area (Å²) >= 11 is 0.